The van der Waals surface area contributed by atoms with Gasteiger partial charge in [-0.1, -0.05) is 12.1 Å². The molecule has 2 aromatic carbocycles. The van der Waals surface area contributed by atoms with Gasteiger partial charge in [0, 0.05) is 54.4 Å². The second-order valence-corrected chi connectivity index (χ2v) is 10.6. The largest absolute Gasteiger partial charge is 0.494 e. The zero-order valence-corrected chi connectivity index (χ0v) is 22.0. The first kappa shape index (κ1) is 26.8. The Bertz CT molecular complexity index is 1240. The molecule has 2 aliphatic heterocycles. The first-order valence-electron chi connectivity index (χ1n) is 13.0. The number of nitrogens with zero attached hydrogens (tertiary/aromatic N) is 3. The van der Waals surface area contributed by atoms with E-state index in [0.29, 0.717) is 24.5 Å². The molecule has 0 atom stereocenters. The molecule has 0 spiro atoms. The van der Waals surface area contributed by atoms with Crippen molar-refractivity contribution in [3.05, 3.63) is 53.4 Å². The summed E-state index contributed by atoms with van der Waals surface area (Å²) in [6, 6.07) is 14.2. The Morgan fingerprint density at radius 2 is 1.79 bits per heavy atom. The molecule has 1 saturated heterocycles. The molecule has 38 heavy (non-hydrogen) atoms. The van der Waals surface area contributed by atoms with Crippen LogP contribution in [-0.2, 0) is 16.0 Å². The first-order valence-corrected chi connectivity index (χ1v) is 13.9. The summed E-state index contributed by atoms with van der Waals surface area (Å²) in [5.74, 6) is 0.361. The normalized spacial score (nSPS) is 16.8. The minimum atomic E-state index is -4.43. The van der Waals surface area contributed by atoms with Crippen LogP contribution in [0.3, 0.4) is 0 Å². The number of rotatable bonds is 10. The van der Waals surface area contributed by atoms with Gasteiger partial charge in [0.25, 0.3) is 0 Å². The predicted molar refractivity (Wildman–Crippen MR) is 144 cm³/mol. The van der Waals surface area contributed by atoms with Crippen LogP contribution in [0.1, 0.15) is 24.8 Å². The number of hydrogen-bond donors (Lipinski definition) is 0. The van der Waals surface area contributed by atoms with Crippen LogP contribution >= 0.6 is 11.3 Å². The first-order chi connectivity index (χ1) is 18.4. The van der Waals surface area contributed by atoms with E-state index in [-0.39, 0.29) is 12.3 Å². The van der Waals surface area contributed by atoms with Crippen LogP contribution in [-0.4, -0.2) is 69.7 Å². The van der Waals surface area contributed by atoms with Crippen molar-refractivity contribution in [3.8, 4) is 5.75 Å². The zero-order valence-electron chi connectivity index (χ0n) is 21.2. The van der Waals surface area contributed by atoms with Gasteiger partial charge in [-0.05, 0) is 61.0 Å². The molecule has 0 unspecified atom stereocenters. The molecule has 1 amide bonds. The van der Waals surface area contributed by atoms with Crippen molar-refractivity contribution in [1.82, 2.24) is 4.90 Å². The number of aryl methyl sites for hydroxylation is 1. The number of unbranched alkanes of at least 4 members (excludes halogenated alkanes) is 1. The summed E-state index contributed by atoms with van der Waals surface area (Å²) in [5.41, 5.74) is 2.80. The van der Waals surface area contributed by atoms with Gasteiger partial charge in [-0.25, -0.2) is 0 Å². The van der Waals surface area contributed by atoms with Crippen LogP contribution in [0.4, 0.5) is 24.5 Å². The van der Waals surface area contributed by atoms with E-state index in [0.717, 1.165) is 51.1 Å². The quantitative estimate of drug-likeness (QED) is 0.305. The van der Waals surface area contributed by atoms with Gasteiger partial charge >= 0.3 is 6.18 Å². The summed E-state index contributed by atoms with van der Waals surface area (Å²) in [4.78, 5) is 18.6. The highest BCUT2D eigenvalue weighted by molar-refractivity contribution is 7.17. The van der Waals surface area contributed by atoms with Crippen LogP contribution in [0.15, 0.2) is 47.8 Å². The number of thiophene rings is 1. The minimum absolute atomic E-state index is 0.246. The van der Waals surface area contributed by atoms with Crippen molar-refractivity contribution in [2.24, 2.45) is 0 Å². The molecule has 1 fully saturated rings. The lowest BCUT2D eigenvalue weighted by Gasteiger charge is -2.36. The summed E-state index contributed by atoms with van der Waals surface area (Å²) in [6.07, 6.45) is -1.72. The molecule has 204 valence electrons. The number of carbonyl (C=O) groups excluding carboxylic acids is 1. The third-order valence-electron chi connectivity index (χ3n) is 7.07. The second-order valence-electron chi connectivity index (χ2n) is 9.70. The van der Waals surface area contributed by atoms with Crippen LogP contribution < -0.4 is 14.5 Å². The Morgan fingerprint density at radius 3 is 2.61 bits per heavy atom. The number of halogens is 3. The van der Waals surface area contributed by atoms with Crippen molar-refractivity contribution in [2.75, 3.05) is 62.5 Å². The molecule has 0 N–H and O–H groups in total. The van der Waals surface area contributed by atoms with Gasteiger partial charge in [-0.15, -0.1) is 11.3 Å². The fourth-order valence-electron chi connectivity index (χ4n) is 5.09. The number of amides is 1. The van der Waals surface area contributed by atoms with Crippen molar-refractivity contribution >= 4 is 38.7 Å². The second kappa shape index (κ2) is 11.9. The standard InChI is InChI=1S/C28H32F3N3O3S/c29-28(30,31)19-36-20-34-25-18-22(8-6-21(25)7-9-27(34)35)37-16-2-1-11-32-12-14-33(15-13-32)24-4-3-5-26-23(24)10-17-38-26/h3-6,8,10,17-18H,1-2,7,9,11-16,19-20H2. The van der Waals surface area contributed by atoms with Gasteiger partial charge in [0.1, 0.15) is 19.1 Å². The lowest BCUT2D eigenvalue weighted by Crippen LogP contribution is -2.46. The number of fused-ring (bicyclic) bond motifs is 2. The van der Waals surface area contributed by atoms with Gasteiger partial charge in [0.2, 0.25) is 5.91 Å². The van der Waals surface area contributed by atoms with E-state index < -0.39 is 19.5 Å². The molecular formula is C28H32F3N3O3S. The van der Waals surface area contributed by atoms with Crippen LogP contribution in [0.25, 0.3) is 10.1 Å². The Kier molecular flexibility index (Phi) is 8.40. The van der Waals surface area contributed by atoms with E-state index in [1.807, 2.05) is 12.1 Å². The van der Waals surface area contributed by atoms with Gasteiger partial charge in [0.05, 0.1) is 12.3 Å². The van der Waals surface area contributed by atoms with Crippen molar-refractivity contribution in [1.29, 1.82) is 0 Å². The molecule has 0 saturated carbocycles. The SMILES string of the molecule is O=C1CCc2ccc(OCCCCN3CCN(c4cccc5sccc45)CC3)cc2N1COCC(F)(F)F. The Labute approximate surface area is 224 Å². The van der Waals surface area contributed by atoms with E-state index >= 15 is 0 Å². The molecule has 6 nitrogen and oxygen atoms in total. The van der Waals surface area contributed by atoms with Gasteiger partial charge in [-0.3, -0.25) is 14.6 Å². The van der Waals surface area contributed by atoms with Gasteiger partial charge < -0.3 is 14.4 Å². The number of hydrogen-bond acceptors (Lipinski definition) is 6. The number of carbonyl (C=O) groups is 1. The molecule has 5 rings (SSSR count). The fraction of sp³-hybridized carbons (Fsp3) is 0.464. The molecule has 1 aromatic heterocycles. The number of ether oxygens (including phenoxy) is 2. The highest BCUT2D eigenvalue weighted by Crippen LogP contribution is 2.33. The molecule has 0 bridgehead atoms. The molecule has 2 aliphatic rings. The molecule has 3 aromatic rings. The lowest BCUT2D eigenvalue weighted by molar-refractivity contribution is -0.174. The monoisotopic (exact) mass is 547 g/mol. The van der Waals surface area contributed by atoms with Gasteiger partial charge in [0.15, 0.2) is 0 Å². The Morgan fingerprint density at radius 1 is 0.947 bits per heavy atom. The predicted octanol–water partition coefficient (Wildman–Crippen LogP) is 5.70. The van der Waals surface area contributed by atoms with E-state index in [4.69, 9.17) is 9.47 Å². The molecule has 0 aliphatic carbocycles. The summed E-state index contributed by atoms with van der Waals surface area (Å²) in [6.45, 7) is 3.84. The molecule has 10 heteroatoms. The van der Waals surface area contributed by atoms with E-state index in [1.54, 1.807) is 17.4 Å². The maximum atomic E-state index is 12.5. The van der Waals surface area contributed by atoms with E-state index in [1.165, 1.54) is 20.7 Å². The zero-order chi connectivity index (χ0) is 26.5. The minimum Gasteiger partial charge on any atom is -0.494 e. The highest BCUT2D eigenvalue weighted by Gasteiger charge is 2.30. The van der Waals surface area contributed by atoms with Gasteiger partial charge in [-0.2, -0.15) is 13.2 Å². The van der Waals surface area contributed by atoms with Crippen molar-refractivity contribution < 1.29 is 27.4 Å². The van der Waals surface area contributed by atoms with Crippen LogP contribution in [0, 0.1) is 0 Å². The molecular weight excluding hydrogens is 515 g/mol. The summed E-state index contributed by atoms with van der Waals surface area (Å²) < 4.78 is 49.4. The molecule has 3 heterocycles. The summed E-state index contributed by atoms with van der Waals surface area (Å²) in [5, 5.41) is 3.49. The lowest BCUT2D eigenvalue weighted by atomic mass is 10.0. The fourth-order valence-corrected chi connectivity index (χ4v) is 5.90. The number of piperazine rings is 1. The van der Waals surface area contributed by atoms with Crippen LogP contribution in [0.2, 0.25) is 0 Å². The number of alkyl halides is 3. The topological polar surface area (TPSA) is 45.2 Å². The third kappa shape index (κ3) is 6.59. The number of benzene rings is 2. The summed E-state index contributed by atoms with van der Waals surface area (Å²) >= 11 is 1.78. The average molecular weight is 548 g/mol. The summed E-state index contributed by atoms with van der Waals surface area (Å²) in [7, 11) is 0. The van der Waals surface area contributed by atoms with Crippen molar-refractivity contribution in [2.45, 2.75) is 31.9 Å². The maximum absolute atomic E-state index is 12.5. The third-order valence-corrected chi connectivity index (χ3v) is 7.95. The Balaban J connectivity index is 1.05. The maximum Gasteiger partial charge on any atom is 0.411 e. The van der Waals surface area contributed by atoms with E-state index in [9.17, 15) is 18.0 Å². The van der Waals surface area contributed by atoms with E-state index in [2.05, 4.69) is 39.4 Å². The van der Waals surface area contributed by atoms with Crippen molar-refractivity contribution in [3.63, 3.8) is 0 Å². The van der Waals surface area contributed by atoms with Crippen LogP contribution in [0.5, 0.6) is 5.75 Å². The number of anilines is 2. The average Bonchev–Trinajstić information content (AvgIpc) is 3.39. The smallest absolute Gasteiger partial charge is 0.411 e. The highest BCUT2D eigenvalue weighted by atomic mass is 32.1. The Hall–Kier alpha value is -2.82. The molecule has 0 radical (unpaired) electrons.